The summed E-state index contributed by atoms with van der Waals surface area (Å²) in [6.45, 7) is 3.30. The molecule has 3 heteroatoms. The summed E-state index contributed by atoms with van der Waals surface area (Å²) in [6, 6.07) is 14.4. The van der Waals surface area contributed by atoms with Gasteiger partial charge < -0.3 is 10.0 Å². The highest BCUT2D eigenvalue weighted by molar-refractivity contribution is 5.87. The van der Waals surface area contributed by atoms with Gasteiger partial charge in [-0.25, -0.2) is 0 Å². The Hall–Kier alpha value is -1.87. The van der Waals surface area contributed by atoms with Gasteiger partial charge in [-0.05, 0) is 36.1 Å². The third-order valence-electron chi connectivity index (χ3n) is 4.42. The highest BCUT2D eigenvalue weighted by Gasteiger charge is 2.25. The SMILES string of the molecule is CC(C(=O)N1CCC(O)CC1)c1ccc2ccccc2c1. The zero-order valence-electron chi connectivity index (χ0n) is 12.3. The summed E-state index contributed by atoms with van der Waals surface area (Å²) in [5, 5.41) is 11.9. The lowest BCUT2D eigenvalue weighted by molar-refractivity contribution is -0.134. The number of fused-ring (bicyclic) bond motifs is 1. The molecule has 1 atom stereocenters. The molecule has 0 aliphatic carbocycles. The highest BCUT2D eigenvalue weighted by atomic mass is 16.3. The first-order chi connectivity index (χ1) is 10.1. The zero-order valence-corrected chi connectivity index (χ0v) is 12.3. The third-order valence-corrected chi connectivity index (χ3v) is 4.42. The van der Waals surface area contributed by atoms with E-state index in [1.165, 1.54) is 10.8 Å². The van der Waals surface area contributed by atoms with Crippen molar-refractivity contribution in [2.24, 2.45) is 0 Å². The number of carbonyl (C=O) groups is 1. The van der Waals surface area contributed by atoms with Gasteiger partial charge in [0.1, 0.15) is 0 Å². The van der Waals surface area contributed by atoms with Crippen molar-refractivity contribution < 1.29 is 9.90 Å². The monoisotopic (exact) mass is 283 g/mol. The number of likely N-dealkylation sites (tertiary alicyclic amines) is 1. The Morgan fingerprint density at radius 1 is 1.14 bits per heavy atom. The quantitative estimate of drug-likeness (QED) is 0.920. The maximum Gasteiger partial charge on any atom is 0.229 e. The summed E-state index contributed by atoms with van der Waals surface area (Å²) in [7, 11) is 0. The van der Waals surface area contributed by atoms with Gasteiger partial charge in [-0.15, -0.1) is 0 Å². The van der Waals surface area contributed by atoms with Crippen molar-refractivity contribution in [3.05, 3.63) is 48.0 Å². The Balaban J connectivity index is 1.79. The first-order valence-electron chi connectivity index (χ1n) is 7.60. The molecule has 1 amide bonds. The summed E-state index contributed by atoms with van der Waals surface area (Å²) < 4.78 is 0. The van der Waals surface area contributed by atoms with Crippen LogP contribution in [0.3, 0.4) is 0 Å². The van der Waals surface area contributed by atoms with Crippen LogP contribution in [0.1, 0.15) is 31.2 Å². The lowest BCUT2D eigenvalue weighted by atomic mass is 9.95. The lowest BCUT2D eigenvalue weighted by Gasteiger charge is -2.31. The molecule has 1 heterocycles. The fourth-order valence-corrected chi connectivity index (χ4v) is 2.98. The molecular formula is C18H21NO2. The molecule has 0 bridgehead atoms. The van der Waals surface area contributed by atoms with Crippen molar-refractivity contribution in [2.45, 2.75) is 31.8 Å². The predicted molar refractivity (Wildman–Crippen MR) is 84.2 cm³/mol. The van der Waals surface area contributed by atoms with Gasteiger partial charge in [0.2, 0.25) is 5.91 Å². The molecule has 3 nitrogen and oxygen atoms in total. The molecule has 0 radical (unpaired) electrons. The Morgan fingerprint density at radius 2 is 1.81 bits per heavy atom. The summed E-state index contributed by atoms with van der Waals surface area (Å²) in [5.74, 6) is 0.0297. The van der Waals surface area contributed by atoms with E-state index in [0.29, 0.717) is 25.9 Å². The van der Waals surface area contributed by atoms with Crippen LogP contribution in [0, 0.1) is 0 Å². The minimum atomic E-state index is -0.245. The van der Waals surface area contributed by atoms with Crippen LogP contribution in [0.2, 0.25) is 0 Å². The fourth-order valence-electron chi connectivity index (χ4n) is 2.98. The molecule has 0 saturated carbocycles. The molecule has 1 unspecified atom stereocenters. The molecule has 1 N–H and O–H groups in total. The van der Waals surface area contributed by atoms with Crippen molar-refractivity contribution in [1.82, 2.24) is 4.90 Å². The summed E-state index contributed by atoms with van der Waals surface area (Å²) in [6.07, 6.45) is 1.14. The van der Waals surface area contributed by atoms with E-state index in [-0.39, 0.29) is 17.9 Å². The van der Waals surface area contributed by atoms with Crippen molar-refractivity contribution in [1.29, 1.82) is 0 Å². The van der Waals surface area contributed by atoms with Gasteiger partial charge in [-0.3, -0.25) is 4.79 Å². The number of rotatable bonds is 2. The molecule has 110 valence electrons. The minimum Gasteiger partial charge on any atom is -0.393 e. The van der Waals surface area contributed by atoms with E-state index in [9.17, 15) is 9.90 Å². The van der Waals surface area contributed by atoms with Gasteiger partial charge in [0.25, 0.3) is 0 Å². The molecule has 0 spiro atoms. The molecule has 0 aromatic heterocycles. The molecule has 3 rings (SSSR count). The van der Waals surface area contributed by atoms with E-state index in [2.05, 4.69) is 24.3 Å². The van der Waals surface area contributed by atoms with Crippen LogP contribution in [0.15, 0.2) is 42.5 Å². The molecule has 2 aromatic rings. The van der Waals surface area contributed by atoms with Gasteiger partial charge in [0, 0.05) is 13.1 Å². The second kappa shape index (κ2) is 5.86. The second-order valence-electron chi connectivity index (χ2n) is 5.88. The van der Waals surface area contributed by atoms with Crippen molar-refractivity contribution >= 4 is 16.7 Å². The number of amides is 1. The van der Waals surface area contributed by atoms with Gasteiger partial charge in [-0.2, -0.15) is 0 Å². The molecule has 21 heavy (non-hydrogen) atoms. The van der Waals surface area contributed by atoms with E-state index in [4.69, 9.17) is 0 Å². The van der Waals surface area contributed by atoms with Crippen LogP contribution in [0.5, 0.6) is 0 Å². The van der Waals surface area contributed by atoms with Crippen LogP contribution >= 0.6 is 0 Å². The molecule has 1 aliphatic heterocycles. The summed E-state index contributed by atoms with van der Waals surface area (Å²) in [4.78, 5) is 14.5. The number of aliphatic hydroxyl groups excluding tert-OH is 1. The van der Waals surface area contributed by atoms with E-state index >= 15 is 0 Å². The number of aliphatic hydroxyl groups is 1. The van der Waals surface area contributed by atoms with Gasteiger partial charge in [0.15, 0.2) is 0 Å². The Bertz CT molecular complexity index is 644. The predicted octanol–water partition coefficient (Wildman–Crippen LogP) is 2.93. The average Bonchev–Trinajstić information content (AvgIpc) is 2.54. The fraction of sp³-hybridized carbons (Fsp3) is 0.389. The average molecular weight is 283 g/mol. The number of hydrogen-bond acceptors (Lipinski definition) is 2. The standard InChI is InChI=1S/C18H21NO2/c1-13(18(21)19-10-8-17(20)9-11-19)15-7-6-14-4-2-3-5-16(14)12-15/h2-7,12-13,17,20H,8-11H2,1H3. The van der Waals surface area contributed by atoms with Crippen LogP contribution in [-0.4, -0.2) is 35.1 Å². The zero-order chi connectivity index (χ0) is 14.8. The maximum absolute atomic E-state index is 12.6. The summed E-state index contributed by atoms with van der Waals surface area (Å²) in [5.41, 5.74) is 1.06. The normalized spacial score (nSPS) is 17.9. The van der Waals surface area contributed by atoms with Crippen LogP contribution in [0.4, 0.5) is 0 Å². The van der Waals surface area contributed by atoms with Gasteiger partial charge >= 0.3 is 0 Å². The molecule has 1 saturated heterocycles. The number of carbonyl (C=O) groups excluding carboxylic acids is 1. The number of piperidine rings is 1. The van der Waals surface area contributed by atoms with Crippen LogP contribution < -0.4 is 0 Å². The van der Waals surface area contributed by atoms with Crippen molar-refractivity contribution in [2.75, 3.05) is 13.1 Å². The van der Waals surface area contributed by atoms with E-state index in [1.807, 2.05) is 30.0 Å². The molecule has 2 aromatic carbocycles. The number of benzene rings is 2. The molecular weight excluding hydrogens is 262 g/mol. The smallest absolute Gasteiger partial charge is 0.229 e. The summed E-state index contributed by atoms with van der Waals surface area (Å²) >= 11 is 0. The largest absolute Gasteiger partial charge is 0.393 e. The van der Waals surface area contributed by atoms with Crippen LogP contribution in [0.25, 0.3) is 10.8 Å². The highest BCUT2D eigenvalue weighted by Crippen LogP contribution is 2.24. The Morgan fingerprint density at radius 3 is 2.52 bits per heavy atom. The van der Waals surface area contributed by atoms with Gasteiger partial charge in [0.05, 0.1) is 12.0 Å². The van der Waals surface area contributed by atoms with Crippen molar-refractivity contribution in [3.8, 4) is 0 Å². The van der Waals surface area contributed by atoms with Crippen LogP contribution in [-0.2, 0) is 4.79 Å². The van der Waals surface area contributed by atoms with E-state index in [1.54, 1.807) is 0 Å². The molecule has 1 fully saturated rings. The Kier molecular flexibility index (Phi) is 3.93. The second-order valence-corrected chi connectivity index (χ2v) is 5.88. The molecule has 1 aliphatic rings. The topological polar surface area (TPSA) is 40.5 Å². The minimum absolute atomic E-state index is 0.134. The number of hydrogen-bond donors (Lipinski definition) is 1. The Labute approximate surface area is 125 Å². The number of nitrogens with zero attached hydrogens (tertiary/aromatic N) is 1. The van der Waals surface area contributed by atoms with E-state index < -0.39 is 0 Å². The lowest BCUT2D eigenvalue weighted by Crippen LogP contribution is -2.41. The maximum atomic E-state index is 12.6. The van der Waals surface area contributed by atoms with E-state index in [0.717, 1.165) is 5.56 Å². The van der Waals surface area contributed by atoms with Crippen molar-refractivity contribution in [3.63, 3.8) is 0 Å². The third kappa shape index (κ3) is 2.93. The first kappa shape index (κ1) is 14.1. The first-order valence-corrected chi connectivity index (χ1v) is 7.60. The van der Waals surface area contributed by atoms with Gasteiger partial charge in [-0.1, -0.05) is 42.5 Å².